The maximum atomic E-state index is 13.1. The van der Waals surface area contributed by atoms with E-state index in [1.807, 2.05) is 0 Å². The fourth-order valence-electron chi connectivity index (χ4n) is 2.39. The minimum Gasteiger partial charge on any atom is -0.328 e. The van der Waals surface area contributed by atoms with Crippen molar-refractivity contribution in [3.05, 3.63) is 34.1 Å². The molecular formula is C12H16FN3O4S. The molecule has 2 unspecified atom stereocenters. The molecule has 1 fully saturated rings. The number of hydrogen-bond acceptors (Lipinski definition) is 5. The predicted molar refractivity (Wildman–Crippen MR) is 73.6 cm³/mol. The Labute approximate surface area is 121 Å². The van der Waals surface area contributed by atoms with Gasteiger partial charge in [0.05, 0.1) is 11.0 Å². The largest absolute Gasteiger partial charge is 0.328 e. The number of sulfonamides is 1. The summed E-state index contributed by atoms with van der Waals surface area (Å²) < 4.78 is 39.3. The fraction of sp³-hybridized carbons (Fsp3) is 0.500. The van der Waals surface area contributed by atoms with Crippen LogP contribution in [0.5, 0.6) is 0 Å². The van der Waals surface area contributed by atoms with Gasteiger partial charge in [-0.2, -0.15) is 4.31 Å². The Morgan fingerprint density at radius 1 is 1.52 bits per heavy atom. The average molecular weight is 317 g/mol. The molecule has 2 atom stereocenters. The predicted octanol–water partition coefficient (Wildman–Crippen LogP) is 1.09. The lowest BCUT2D eigenvalue weighted by Crippen LogP contribution is -2.33. The zero-order valence-electron chi connectivity index (χ0n) is 11.4. The summed E-state index contributed by atoms with van der Waals surface area (Å²) in [5.74, 6) is -0.838. The van der Waals surface area contributed by atoms with E-state index in [4.69, 9.17) is 5.73 Å². The van der Waals surface area contributed by atoms with Crippen molar-refractivity contribution in [1.29, 1.82) is 0 Å². The number of rotatable bonds is 4. The summed E-state index contributed by atoms with van der Waals surface area (Å²) in [6.45, 7) is 2.26. The van der Waals surface area contributed by atoms with Gasteiger partial charge in [0.25, 0.3) is 5.69 Å². The van der Waals surface area contributed by atoms with Crippen molar-refractivity contribution >= 4 is 15.7 Å². The minimum absolute atomic E-state index is 0.0132. The number of nitrogens with two attached hydrogens (primary N) is 1. The average Bonchev–Trinajstić information content (AvgIpc) is 2.88. The molecule has 1 aliphatic heterocycles. The van der Waals surface area contributed by atoms with Crippen molar-refractivity contribution in [2.75, 3.05) is 13.1 Å². The van der Waals surface area contributed by atoms with E-state index in [9.17, 15) is 22.9 Å². The van der Waals surface area contributed by atoms with Crippen LogP contribution in [0.15, 0.2) is 23.1 Å². The van der Waals surface area contributed by atoms with Gasteiger partial charge in [0.15, 0.2) is 4.90 Å². The third kappa shape index (κ3) is 3.04. The molecule has 1 saturated heterocycles. The molecule has 0 aliphatic carbocycles. The molecule has 0 bridgehead atoms. The van der Waals surface area contributed by atoms with Gasteiger partial charge in [0.1, 0.15) is 5.82 Å². The quantitative estimate of drug-likeness (QED) is 0.661. The molecule has 2 N–H and O–H groups in total. The first-order chi connectivity index (χ1) is 9.73. The lowest BCUT2D eigenvalue weighted by atomic mass is 10.0. The van der Waals surface area contributed by atoms with Crippen molar-refractivity contribution in [2.24, 2.45) is 11.7 Å². The van der Waals surface area contributed by atoms with Gasteiger partial charge in [-0.1, -0.05) is 0 Å². The molecule has 0 saturated carbocycles. The molecule has 1 aromatic carbocycles. The lowest BCUT2D eigenvalue weighted by Gasteiger charge is -2.18. The first-order valence-corrected chi connectivity index (χ1v) is 7.87. The maximum Gasteiger partial charge on any atom is 0.292 e. The number of nitro benzene ring substituents is 1. The number of nitro groups is 1. The van der Waals surface area contributed by atoms with Gasteiger partial charge in [-0.05, 0) is 31.4 Å². The summed E-state index contributed by atoms with van der Waals surface area (Å²) in [4.78, 5) is 9.56. The highest BCUT2D eigenvalue weighted by Gasteiger charge is 2.37. The standard InChI is InChI=1S/C12H16FN3O4S/c1-8(14)9-4-5-15(7-9)21(19,20)12-3-2-10(13)6-11(12)16(17)18/h2-3,6,8-9H,4-5,7,14H2,1H3. The molecule has 116 valence electrons. The van der Waals surface area contributed by atoms with E-state index in [2.05, 4.69) is 0 Å². The third-order valence-electron chi connectivity index (χ3n) is 3.67. The molecule has 1 aliphatic rings. The van der Waals surface area contributed by atoms with E-state index in [1.165, 1.54) is 4.31 Å². The second-order valence-corrected chi connectivity index (χ2v) is 7.05. The highest BCUT2D eigenvalue weighted by molar-refractivity contribution is 7.89. The second kappa shape index (κ2) is 5.66. The van der Waals surface area contributed by atoms with Gasteiger partial charge in [0, 0.05) is 19.1 Å². The molecule has 9 heteroatoms. The Bertz CT molecular complexity index is 662. The summed E-state index contributed by atoms with van der Waals surface area (Å²) >= 11 is 0. The molecular weight excluding hydrogens is 301 g/mol. The third-order valence-corrected chi connectivity index (χ3v) is 5.58. The maximum absolute atomic E-state index is 13.1. The first kappa shape index (κ1) is 15.8. The van der Waals surface area contributed by atoms with E-state index < -0.39 is 31.3 Å². The van der Waals surface area contributed by atoms with E-state index in [-0.39, 0.29) is 25.0 Å². The van der Waals surface area contributed by atoms with E-state index in [0.717, 1.165) is 12.1 Å². The molecule has 21 heavy (non-hydrogen) atoms. The molecule has 0 amide bonds. The van der Waals surface area contributed by atoms with Crippen LogP contribution in [0.1, 0.15) is 13.3 Å². The summed E-state index contributed by atoms with van der Waals surface area (Å²) in [5, 5.41) is 10.9. The SMILES string of the molecule is CC(N)C1CCN(S(=O)(=O)c2ccc(F)cc2[N+](=O)[O-])C1. The Morgan fingerprint density at radius 3 is 2.71 bits per heavy atom. The van der Waals surface area contributed by atoms with Crippen LogP contribution >= 0.6 is 0 Å². The summed E-state index contributed by atoms with van der Waals surface area (Å²) in [7, 11) is -4.03. The molecule has 2 rings (SSSR count). The van der Waals surface area contributed by atoms with Crippen LogP contribution < -0.4 is 5.73 Å². The number of benzene rings is 1. The fourth-order valence-corrected chi connectivity index (χ4v) is 4.04. The van der Waals surface area contributed by atoms with Crippen LogP contribution in [0.2, 0.25) is 0 Å². The highest BCUT2D eigenvalue weighted by atomic mass is 32.2. The lowest BCUT2D eigenvalue weighted by molar-refractivity contribution is -0.388. The summed E-state index contributed by atoms with van der Waals surface area (Å²) in [6, 6.07) is 2.29. The van der Waals surface area contributed by atoms with Crippen LogP contribution in [0.4, 0.5) is 10.1 Å². The Morgan fingerprint density at radius 2 is 2.19 bits per heavy atom. The summed E-state index contributed by atoms with van der Waals surface area (Å²) in [5.41, 5.74) is 5.01. The molecule has 0 aromatic heterocycles. The van der Waals surface area contributed by atoms with Gasteiger partial charge < -0.3 is 5.73 Å². The molecule has 1 heterocycles. The number of nitrogens with zero attached hydrogens (tertiary/aromatic N) is 2. The van der Waals surface area contributed by atoms with Crippen molar-refractivity contribution in [3.8, 4) is 0 Å². The second-order valence-electron chi connectivity index (χ2n) is 5.14. The van der Waals surface area contributed by atoms with Crippen LogP contribution in [-0.2, 0) is 10.0 Å². The minimum atomic E-state index is -4.03. The van der Waals surface area contributed by atoms with Crippen molar-refractivity contribution in [1.82, 2.24) is 4.31 Å². The van der Waals surface area contributed by atoms with Crippen LogP contribution in [0.25, 0.3) is 0 Å². The van der Waals surface area contributed by atoms with Gasteiger partial charge in [-0.3, -0.25) is 10.1 Å². The topological polar surface area (TPSA) is 107 Å². The summed E-state index contributed by atoms with van der Waals surface area (Å²) in [6.07, 6.45) is 0.603. The first-order valence-electron chi connectivity index (χ1n) is 6.43. The van der Waals surface area contributed by atoms with E-state index >= 15 is 0 Å². The van der Waals surface area contributed by atoms with Gasteiger partial charge in [0.2, 0.25) is 10.0 Å². The van der Waals surface area contributed by atoms with Crippen molar-refractivity contribution < 1.29 is 17.7 Å². The van der Waals surface area contributed by atoms with Gasteiger partial charge in [-0.15, -0.1) is 0 Å². The van der Waals surface area contributed by atoms with Crippen LogP contribution in [-0.4, -0.2) is 36.8 Å². The smallest absolute Gasteiger partial charge is 0.292 e. The normalized spacial score (nSPS) is 21.4. The van der Waals surface area contributed by atoms with E-state index in [1.54, 1.807) is 6.92 Å². The van der Waals surface area contributed by atoms with Crippen molar-refractivity contribution in [2.45, 2.75) is 24.3 Å². The Kier molecular flexibility index (Phi) is 4.26. The number of hydrogen-bond donors (Lipinski definition) is 1. The zero-order chi connectivity index (χ0) is 15.8. The number of halogens is 1. The Balaban J connectivity index is 2.39. The molecule has 0 spiro atoms. The van der Waals surface area contributed by atoms with Gasteiger partial charge in [-0.25, -0.2) is 12.8 Å². The Hall–Kier alpha value is -1.58. The highest BCUT2D eigenvalue weighted by Crippen LogP contribution is 2.31. The van der Waals surface area contributed by atoms with E-state index in [0.29, 0.717) is 12.5 Å². The molecule has 0 radical (unpaired) electrons. The van der Waals surface area contributed by atoms with Gasteiger partial charge >= 0.3 is 0 Å². The van der Waals surface area contributed by atoms with Crippen LogP contribution in [0.3, 0.4) is 0 Å². The molecule has 7 nitrogen and oxygen atoms in total. The monoisotopic (exact) mass is 317 g/mol. The zero-order valence-corrected chi connectivity index (χ0v) is 12.2. The molecule has 1 aromatic rings. The van der Waals surface area contributed by atoms with Crippen LogP contribution in [0, 0.1) is 21.8 Å². The van der Waals surface area contributed by atoms with Crippen molar-refractivity contribution in [3.63, 3.8) is 0 Å².